The zero-order valence-electron chi connectivity index (χ0n) is 33.3. The van der Waals surface area contributed by atoms with Crippen molar-refractivity contribution in [2.45, 2.75) is 64.1 Å². The molecule has 3 aliphatic heterocycles. The molecule has 7 rings (SSSR count). The number of fused-ring (bicyclic) bond motifs is 2. The lowest BCUT2D eigenvalue weighted by Gasteiger charge is -2.42. The molecule has 0 bridgehead atoms. The molecule has 4 heterocycles. The first-order valence-corrected chi connectivity index (χ1v) is 20.5. The van der Waals surface area contributed by atoms with E-state index in [1.165, 1.54) is 12.1 Å². The van der Waals surface area contributed by atoms with Crippen LogP contribution in [0.3, 0.4) is 0 Å². The molecule has 3 fully saturated rings. The Kier molecular flexibility index (Phi) is 16.3. The molecular weight excluding hydrogens is 773 g/mol. The molecule has 2 N–H and O–H groups in total. The van der Waals surface area contributed by atoms with Gasteiger partial charge in [-0.1, -0.05) is 7.43 Å². The first-order valence-electron chi connectivity index (χ1n) is 20.5. The Balaban J connectivity index is 0.00000604. The Hall–Kier alpha value is -5.09. The van der Waals surface area contributed by atoms with Crippen molar-refractivity contribution in [3.05, 3.63) is 59.4 Å². The predicted molar refractivity (Wildman–Crippen MR) is 221 cm³/mol. The Labute approximate surface area is 350 Å². The van der Waals surface area contributed by atoms with Crippen molar-refractivity contribution >= 4 is 40.3 Å². The van der Waals surface area contributed by atoms with Gasteiger partial charge in [-0.25, -0.2) is 9.97 Å². The van der Waals surface area contributed by atoms with Gasteiger partial charge in [-0.2, -0.15) is 5.26 Å². The highest BCUT2D eigenvalue weighted by atomic mass is 16.6. The summed E-state index contributed by atoms with van der Waals surface area (Å²) in [5, 5.41) is 16.0. The van der Waals surface area contributed by atoms with Crippen LogP contribution in [-0.4, -0.2) is 159 Å². The molecule has 1 saturated carbocycles. The summed E-state index contributed by atoms with van der Waals surface area (Å²) in [5.41, 5.74) is 1.82. The van der Waals surface area contributed by atoms with Crippen LogP contribution in [0.1, 0.15) is 72.2 Å². The Bertz CT molecular complexity index is 1990. The van der Waals surface area contributed by atoms with E-state index in [0.29, 0.717) is 76.3 Å². The van der Waals surface area contributed by atoms with Crippen LogP contribution in [0.5, 0.6) is 5.75 Å². The number of hydrogen-bond acceptors (Lipinski definition) is 15. The largest absolute Gasteiger partial charge is 0.491 e. The van der Waals surface area contributed by atoms with E-state index in [1.807, 2.05) is 12.1 Å². The van der Waals surface area contributed by atoms with Crippen molar-refractivity contribution in [3.8, 4) is 11.8 Å². The molecule has 60 heavy (non-hydrogen) atoms. The first kappa shape index (κ1) is 44.5. The van der Waals surface area contributed by atoms with E-state index < -0.39 is 29.7 Å². The minimum Gasteiger partial charge on any atom is -0.491 e. The molecule has 4 amide bonds. The summed E-state index contributed by atoms with van der Waals surface area (Å²) in [6.45, 7) is 9.14. The lowest BCUT2D eigenvalue weighted by molar-refractivity contribution is -0.136. The number of anilines is 1. The van der Waals surface area contributed by atoms with Gasteiger partial charge in [0.25, 0.3) is 11.8 Å². The lowest BCUT2D eigenvalue weighted by atomic mass is 9.89. The number of aromatic nitrogens is 2. The first-order chi connectivity index (χ1) is 28.9. The monoisotopic (exact) mass is 828 g/mol. The normalized spacial score (nSPS) is 21.1. The highest BCUT2D eigenvalue weighted by Gasteiger charge is 2.44. The van der Waals surface area contributed by atoms with Gasteiger partial charge < -0.3 is 29.0 Å². The summed E-state index contributed by atoms with van der Waals surface area (Å²) in [7, 11) is 0. The third-order valence-electron chi connectivity index (χ3n) is 11.3. The molecule has 1 atom stereocenters. The van der Waals surface area contributed by atoms with Crippen LogP contribution in [-0.2, 0) is 28.5 Å². The lowest BCUT2D eigenvalue weighted by Crippen LogP contribution is -2.54. The van der Waals surface area contributed by atoms with Crippen LogP contribution in [0.25, 0.3) is 10.9 Å². The van der Waals surface area contributed by atoms with Crippen molar-refractivity contribution in [2.24, 2.45) is 0 Å². The fraction of sp³-hybridized carbons (Fsp3) is 0.558. The zero-order chi connectivity index (χ0) is 41.0. The quantitative estimate of drug-likeness (QED) is 0.124. The van der Waals surface area contributed by atoms with E-state index in [2.05, 4.69) is 36.5 Å². The molecule has 3 aromatic rings. The predicted octanol–water partition coefficient (Wildman–Crippen LogP) is 3.02. The molecular formula is C43H56N8O9. The molecule has 2 saturated heterocycles. The van der Waals surface area contributed by atoms with Crippen LogP contribution in [0, 0.1) is 11.3 Å². The number of carbonyl (C=O) groups excluding carboxylic acids is 4. The van der Waals surface area contributed by atoms with Crippen LogP contribution < -0.4 is 15.4 Å². The molecule has 1 unspecified atom stereocenters. The Morgan fingerprint density at radius 1 is 0.750 bits per heavy atom. The second-order valence-corrected chi connectivity index (χ2v) is 15.0. The number of imide groups is 2. The van der Waals surface area contributed by atoms with Crippen LogP contribution in [0.15, 0.2) is 42.7 Å². The number of piperidine rings is 1. The number of nitriles is 1. The summed E-state index contributed by atoms with van der Waals surface area (Å²) >= 11 is 0. The van der Waals surface area contributed by atoms with Crippen LogP contribution >= 0.6 is 0 Å². The van der Waals surface area contributed by atoms with Crippen molar-refractivity contribution < 1.29 is 42.9 Å². The minimum atomic E-state index is -1.01. The van der Waals surface area contributed by atoms with Gasteiger partial charge >= 0.3 is 0 Å². The van der Waals surface area contributed by atoms with Crippen molar-refractivity contribution in [1.29, 1.82) is 5.26 Å². The fourth-order valence-corrected chi connectivity index (χ4v) is 8.09. The van der Waals surface area contributed by atoms with E-state index in [4.69, 9.17) is 23.7 Å². The number of nitrogens with zero attached hydrogens (tertiary/aromatic N) is 6. The maximum absolute atomic E-state index is 13.0. The van der Waals surface area contributed by atoms with Crippen molar-refractivity contribution in [1.82, 2.24) is 30.0 Å². The van der Waals surface area contributed by atoms with Crippen LogP contribution in [0.4, 0.5) is 5.82 Å². The van der Waals surface area contributed by atoms with E-state index in [-0.39, 0.29) is 38.0 Å². The molecule has 17 nitrogen and oxygen atoms in total. The van der Waals surface area contributed by atoms with E-state index >= 15 is 0 Å². The number of rotatable bonds is 20. The van der Waals surface area contributed by atoms with Gasteiger partial charge in [-0.05, 0) is 68.5 Å². The van der Waals surface area contributed by atoms with Gasteiger partial charge in [-0.15, -0.1) is 0 Å². The maximum atomic E-state index is 13.0. The Morgan fingerprint density at radius 2 is 1.42 bits per heavy atom. The molecule has 1 aliphatic carbocycles. The standard InChI is InChI=1S/C42H52N8O9.CH4/c43-27-29-1-8-36-35(25-29)39(45-28-44-36)46-30-2-4-31(5-3-30)49-13-11-48(12-14-49)15-16-55-17-18-56-19-20-57-21-22-58-23-24-59-32-6-7-33-34(26-32)42(54)50(41(33)53)37-9-10-38(51)47-40(37)52;/h1,6-8,25-26,28,30-31,37H,2-5,9-24H2,(H,44,45,46)(H,47,51,52);1H4. The summed E-state index contributed by atoms with van der Waals surface area (Å²) in [6.07, 6.45) is 6.26. The molecule has 2 aromatic carbocycles. The molecule has 0 spiro atoms. The third kappa shape index (κ3) is 11.4. The molecule has 4 aliphatic rings. The second-order valence-electron chi connectivity index (χ2n) is 15.0. The average Bonchev–Trinajstić information content (AvgIpc) is 3.50. The van der Waals surface area contributed by atoms with Gasteiger partial charge in [0.15, 0.2) is 0 Å². The average molecular weight is 829 g/mol. The minimum absolute atomic E-state index is 0. The molecule has 17 heteroatoms. The number of carbonyl (C=O) groups is 4. The summed E-state index contributed by atoms with van der Waals surface area (Å²) in [4.78, 5) is 64.4. The van der Waals surface area contributed by atoms with Gasteiger partial charge in [0, 0.05) is 56.6 Å². The van der Waals surface area contributed by atoms with Gasteiger partial charge in [0.05, 0.1) is 81.1 Å². The van der Waals surface area contributed by atoms with E-state index in [1.54, 1.807) is 18.5 Å². The van der Waals surface area contributed by atoms with Gasteiger partial charge in [-0.3, -0.25) is 39.2 Å². The maximum Gasteiger partial charge on any atom is 0.262 e. The van der Waals surface area contributed by atoms with Crippen LogP contribution in [0.2, 0.25) is 0 Å². The SMILES string of the molecule is C.N#Cc1ccc2ncnc(NC3CCC(N4CCN(CCOCCOCCOCCOCCOc5ccc6c(c5)C(=O)N(C5CCC(=O)NC5=O)C6=O)CC4)CC3)c2c1. The number of nitrogens with one attached hydrogen (secondary N) is 2. The van der Waals surface area contributed by atoms with Crippen molar-refractivity contribution in [3.63, 3.8) is 0 Å². The molecule has 322 valence electrons. The molecule has 0 radical (unpaired) electrons. The van der Waals surface area contributed by atoms with E-state index in [9.17, 15) is 24.4 Å². The third-order valence-corrected chi connectivity index (χ3v) is 11.3. The smallest absolute Gasteiger partial charge is 0.262 e. The zero-order valence-corrected chi connectivity index (χ0v) is 33.3. The van der Waals surface area contributed by atoms with Gasteiger partial charge in [0.1, 0.15) is 30.5 Å². The number of amides is 4. The number of ether oxygens (including phenoxy) is 5. The Morgan fingerprint density at radius 3 is 2.10 bits per heavy atom. The number of benzene rings is 2. The summed E-state index contributed by atoms with van der Waals surface area (Å²) < 4.78 is 28.3. The van der Waals surface area contributed by atoms with E-state index in [0.717, 1.165) is 80.0 Å². The summed E-state index contributed by atoms with van der Waals surface area (Å²) in [6, 6.07) is 12.3. The fourth-order valence-electron chi connectivity index (χ4n) is 8.09. The highest BCUT2D eigenvalue weighted by Crippen LogP contribution is 2.31. The highest BCUT2D eigenvalue weighted by molar-refractivity contribution is 6.23. The molecule has 1 aromatic heterocycles. The summed E-state index contributed by atoms with van der Waals surface area (Å²) in [5.74, 6) is -0.984. The van der Waals surface area contributed by atoms with Crippen molar-refractivity contribution in [2.75, 3.05) is 97.5 Å². The number of hydrogen-bond donors (Lipinski definition) is 2. The number of piperazine rings is 1. The van der Waals surface area contributed by atoms with Gasteiger partial charge in [0.2, 0.25) is 11.8 Å². The topological polar surface area (TPSA) is 198 Å². The second kappa shape index (κ2) is 22.0.